The maximum Gasteiger partial charge on any atom is 0.416 e. The molecule has 0 heterocycles. The highest BCUT2D eigenvalue weighted by Gasteiger charge is 2.36. The average molecular weight is 328 g/mol. The van der Waals surface area contributed by atoms with Crippen LogP contribution < -0.4 is 5.73 Å². The summed E-state index contributed by atoms with van der Waals surface area (Å²) in [5.74, 6) is 0. The Bertz CT molecular complexity index is 443. The molecule has 0 aliphatic carbocycles. The minimum absolute atomic E-state index is 0.00194. The van der Waals surface area contributed by atoms with E-state index in [9.17, 15) is 26.3 Å². The molecule has 0 spiro atoms. The van der Waals surface area contributed by atoms with Gasteiger partial charge in [0.2, 0.25) is 0 Å². The molecule has 0 amide bonds. The van der Waals surface area contributed by atoms with Crippen LogP contribution in [0.4, 0.5) is 26.3 Å². The van der Waals surface area contributed by atoms with Crippen molar-refractivity contribution in [3.8, 4) is 0 Å². The number of benzene rings is 1. The molecule has 2 nitrogen and oxygen atoms in total. The molecule has 0 bridgehead atoms. The number of halogens is 6. The zero-order chi connectivity index (χ0) is 17.0. The summed E-state index contributed by atoms with van der Waals surface area (Å²) in [7, 11) is 0. The number of rotatable bonds is 6. The zero-order valence-corrected chi connectivity index (χ0v) is 12.1. The van der Waals surface area contributed by atoms with Crippen LogP contribution in [0.1, 0.15) is 30.0 Å². The van der Waals surface area contributed by atoms with E-state index < -0.39 is 23.5 Å². The number of alkyl halides is 6. The van der Waals surface area contributed by atoms with Crippen molar-refractivity contribution in [2.45, 2.75) is 32.2 Å². The van der Waals surface area contributed by atoms with Crippen molar-refractivity contribution in [1.29, 1.82) is 0 Å². The fourth-order valence-corrected chi connectivity index (χ4v) is 2.14. The van der Waals surface area contributed by atoms with Gasteiger partial charge in [-0.1, -0.05) is 6.92 Å². The maximum absolute atomic E-state index is 12.8. The number of nitrogens with zero attached hydrogens (tertiary/aromatic N) is 1. The highest BCUT2D eigenvalue weighted by atomic mass is 19.4. The molecular formula is C14H18F6N2. The van der Waals surface area contributed by atoms with Crippen molar-refractivity contribution >= 4 is 0 Å². The van der Waals surface area contributed by atoms with Gasteiger partial charge in [0.25, 0.3) is 0 Å². The molecule has 1 aromatic carbocycles. The van der Waals surface area contributed by atoms with Crippen LogP contribution in [0.5, 0.6) is 0 Å². The largest absolute Gasteiger partial charge is 0.416 e. The van der Waals surface area contributed by atoms with E-state index in [4.69, 9.17) is 5.73 Å². The van der Waals surface area contributed by atoms with Gasteiger partial charge in [0.15, 0.2) is 0 Å². The Morgan fingerprint density at radius 1 is 0.909 bits per heavy atom. The molecule has 0 aliphatic rings. The van der Waals surface area contributed by atoms with Crippen LogP contribution >= 0.6 is 0 Å². The second kappa shape index (κ2) is 7.32. The molecule has 0 aromatic heterocycles. The third-order valence-electron chi connectivity index (χ3n) is 3.04. The van der Waals surface area contributed by atoms with Crippen molar-refractivity contribution in [3.05, 3.63) is 34.9 Å². The van der Waals surface area contributed by atoms with Crippen molar-refractivity contribution < 1.29 is 26.3 Å². The second-order valence-corrected chi connectivity index (χ2v) is 4.98. The summed E-state index contributed by atoms with van der Waals surface area (Å²) in [6, 6.07) is 1.65. The van der Waals surface area contributed by atoms with Gasteiger partial charge in [0, 0.05) is 19.6 Å². The second-order valence-electron chi connectivity index (χ2n) is 4.98. The maximum atomic E-state index is 12.8. The quantitative estimate of drug-likeness (QED) is 0.803. The van der Waals surface area contributed by atoms with Crippen LogP contribution in [0, 0.1) is 0 Å². The first-order valence-corrected chi connectivity index (χ1v) is 6.78. The summed E-state index contributed by atoms with van der Waals surface area (Å²) in [5.41, 5.74) is 2.81. The fraction of sp³-hybridized carbons (Fsp3) is 0.571. The van der Waals surface area contributed by atoms with Gasteiger partial charge in [-0.15, -0.1) is 0 Å². The lowest BCUT2D eigenvalue weighted by Crippen LogP contribution is -2.30. The van der Waals surface area contributed by atoms with Gasteiger partial charge in [-0.05, 0) is 36.7 Å². The van der Waals surface area contributed by atoms with E-state index in [0.717, 1.165) is 18.6 Å². The number of hydrogen-bond acceptors (Lipinski definition) is 2. The van der Waals surface area contributed by atoms with Gasteiger partial charge in [0.1, 0.15) is 0 Å². The Labute approximate surface area is 124 Å². The van der Waals surface area contributed by atoms with Crippen LogP contribution in [0.3, 0.4) is 0 Å². The van der Waals surface area contributed by atoms with Gasteiger partial charge in [0.05, 0.1) is 11.1 Å². The zero-order valence-electron chi connectivity index (χ0n) is 12.1. The summed E-state index contributed by atoms with van der Waals surface area (Å²) >= 11 is 0. The van der Waals surface area contributed by atoms with Crippen molar-refractivity contribution in [3.63, 3.8) is 0 Å². The average Bonchev–Trinajstić information content (AvgIpc) is 2.37. The first-order chi connectivity index (χ1) is 10.1. The molecule has 0 unspecified atom stereocenters. The van der Waals surface area contributed by atoms with Gasteiger partial charge in [-0.3, -0.25) is 4.90 Å². The predicted molar refractivity (Wildman–Crippen MR) is 71.1 cm³/mol. The van der Waals surface area contributed by atoms with E-state index in [1.54, 1.807) is 4.90 Å². The lowest BCUT2D eigenvalue weighted by molar-refractivity contribution is -0.143. The molecule has 2 N–H and O–H groups in total. The summed E-state index contributed by atoms with van der Waals surface area (Å²) in [4.78, 5) is 1.73. The minimum Gasteiger partial charge on any atom is -0.329 e. The Morgan fingerprint density at radius 3 is 1.77 bits per heavy atom. The minimum atomic E-state index is -4.82. The van der Waals surface area contributed by atoms with E-state index in [2.05, 4.69) is 0 Å². The van der Waals surface area contributed by atoms with Crippen LogP contribution in [-0.4, -0.2) is 24.5 Å². The summed E-state index contributed by atoms with van der Waals surface area (Å²) in [6.07, 6.45) is -8.91. The first kappa shape index (κ1) is 18.8. The molecule has 8 heteroatoms. The van der Waals surface area contributed by atoms with Crippen LogP contribution in [0.25, 0.3) is 0 Å². The van der Waals surface area contributed by atoms with Crippen LogP contribution in [0.15, 0.2) is 18.2 Å². The molecule has 0 saturated heterocycles. The lowest BCUT2D eigenvalue weighted by Gasteiger charge is -2.22. The summed E-state index contributed by atoms with van der Waals surface area (Å²) in [5, 5.41) is 0. The monoisotopic (exact) mass is 328 g/mol. The Hall–Kier alpha value is -1.28. The SMILES string of the molecule is CCCN(CCN)Cc1cc(C(F)(F)F)cc(C(F)(F)F)c1. The Morgan fingerprint density at radius 2 is 1.41 bits per heavy atom. The topological polar surface area (TPSA) is 29.3 Å². The first-order valence-electron chi connectivity index (χ1n) is 6.78. The Balaban J connectivity index is 3.17. The molecule has 22 heavy (non-hydrogen) atoms. The van der Waals surface area contributed by atoms with Gasteiger partial charge < -0.3 is 5.73 Å². The third-order valence-corrected chi connectivity index (χ3v) is 3.04. The predicted octanol–water partition coefficient (Wildman–Crippen LogP) is 3.89. The molecule has 0 radical (unpaired) electrons. The fourth-order valence-electron chi connectivity index (χ4n) is 2.14. The molecule has 1 aromatic rings. The van der Waals surface area contributed by atoms with Crippen LogP contribution in [0.2, 0.25) is 0 Å². The summed E-state index contributed by atoms with van der Waals surface area (Å²) < 4.78 is 76.6. The van der Waals surface area contributed by atoms with E-state index in [1.807, 2.05) is 6.92 Å². The molecule has 0 aliphatic heterocycles. The standard InChI is InChI=1S/C14H18F6N2/c1-2-4-22(5-3-21)9-10-6-11(13(15,16)17)8-12(7-10)14(18,19)20/h6-8H,2-5,9,21H2,1H3. The summed E-state index contributed by atoms with van der Waals surface area (Å²) in [6.45, 7) is 3.11. The smallest absolute Gasteiger partial charge is 0.329 e. The van der Waals surface area contributed by atoms with Crippen molar-refractivity contribution in [2.24, 2.45) is 5.73 Å². The van der Waals surface area contributed by atoms with Crippen molar-refractivity contribution in [2.75, 3.05) is 19.6 Å². The van der Waals surface area contributed by atoms with Gasteiger partial charge in [-0.2, -0.15) is 26.3 Å². The van der Waals surface area contributed by atoms with Crippen molar-refractivity contribution in [1.82, 2.24) is 4.90 Å². The third kappa shape index (κ3) is 5.49. The van der Waals surface area contributed by atoms with E-state index in [-0.39, 0.29) is 24.7 Å². The molecule has 0 saturated carbocycles. The molecule has 0 fully saturated rings. The highest BCUT2D eigenvalue weighted by Crippen LogP contribution is 2.36. The number of nitrogens with two attached hydrogens (primary N) is 1. The normalized spacial score (nSPS) is 13.0. The van der Waals surface area contributed by atoms with Gasteiger partial charge in [-0.25, -0.2) is 0 Å². The number of hydrogen-bond donors (Lipinski definition) is 1. The molecule has 0 atom stereocenters. The van der Waals surface area contributed by atoms with E-state index in [0.29, 0.717) is 13.1 Å². The van der Waals surface area contributed by atoms with Crippen LogP contribution in [-0.2, 0) is 18.9 Å². The van der Waals surface area contributed by atoms with E-state index >= 15 is 0 Å². The molecular weight excluding hydrogens is 310 g/mol. The van der Waals surface area contributed by atoms with E-state index in [1.165, 1.54) is 0 Å². The molecule has 126 valence electrons. The Kier molecular flexibility index (Phi) is 6.25. The lowest BCUT2D eigenvalue weighted by atomic mass is 10.0. The van der Waals surface area contributed by atoms with Gasteiger partial charge >= 0.3 is 12.4 Å². The highest BCUT2D eigenvalue weighted by molar-refractivity contribution is 5.33. The molecule has 1 rings (SSSR count).